The fourth-order valence-electron chi connectivity index (χ4n) is 1.88. The first kappa shape index (κ1) is 15.9. The third kappa shape index (κ3) is 3.93. The molecule has 20 heavy (non-hydrogen) atoms. The Morgan fingerprint density at radius 2 is 1.80 bits per heavy atom. The van der Waals surface area contributed by atoms with E-state index in [1.165, 1.54) is 0 Å². The molecule has 0 aliphatic heterocycles. The van der Waals surface area contributed by atoms with Crippen molar-refractivity contribution in [2.24, 2.45) is 0 Å². The highest BCUT2D eigenvalue weighted by atomic mass is 35.5. The molecule has 0 atom stereocenters. The van der Waals surface area contributed by atoms with Crippen molar-refractivity contribution in [1.82, 2.24) is 0 Å². The van der Waals surface area contributed by atoms with E-state index >= 15 is 0 Å². The summed E-state index contributed by atoms with van der Waals surface area (Å²) in [6, 6.07) is 9.39. The molecule has 1 aromatic carbocycles. The van der Waals surface area contributed by atoms with Crippen molar-refractivity contribution in [3.63, 3.8) is 0 Å². The maximum atomic E-state index is 12.1. The minimum atomic E-state index is 0. The number of anilines is 1. The van der Waals surface area contributed by atoms with Gasteiger partial charge in [-0.25, -0.2) is 0 Å². The Morgan fingerprint density at radius 1 is 1.15 bits per heavy atom. The van der Waals surface area contributed by atoms with Gasteiger partial charge in [-0.1, -0.05) is 23.8 Å². The van der Waals surface area contributed by atoms with Crippen LogP contribution in [0.25, 0.3) is 6.20 Å². The van der Waals surface area contributed by atoms with Crippen LogP contribution in [0, 0.1) is 13.8 Å². The van der Waals surface area contributed by atoms with Crippen molar-refractivity contribution in [2.45, 2.75) is 13.8 Å². The quantitative estimate of drug-likeness (QED) is 0.472. The molecule has 4 heteroatoms. The van der Waals surface area contributed by atoms with Gasteiger partial charge < -0.3 is 18.1 Å². The average molecular weight is 289 g/mol. The smallest absolute Gasteiger partial charge is 0.192 e. The highest BCUT2D eigenvalue weighted by Crippen LogP contribution is 2.11. The molecule has 0 aliphatic carbocycles. The molecule has 0 fully saturated rings. The summed E-state index contributed by atoms with van der Waals surface area (Å²) in [4.78, 5) is 12.1. The van der Waals surface area contributed by atoms with E-state index in [0.29, 0.717) is 5.69 Å². The lowest BCUT2D eigenvalue weighted by molar-refractivity contribution is -0.568. The summed E-state index contributed by atoms with van der Waals surface area (Å²) >= 11 is 0. The monoisotopic (exact) mass is 288 g/mol. The molecule has 0 aliphatic rings. The van der Waals surface area contributed by atoms with Crippen LogP contribution in [0.5, 0.6) is 0 Å². The van der Waals surface area contributed by atoms with Crippen LogP contribution >= 0.6 is 0 Å². The number of carbonyl (C=O) groups excluding carboxylic acids is 1. The maximum absolute atomic E-state index is 12.1. The number of pyridine rings is 1. The Morgan fingerprint density at radius 3 is 2.40 bits per heavy atom. The Labute approximate surface area is 125 Å². The lowest BCUT2D eigenvalue weighted by Gasteiger charge is -2.02. The predicted molar refractivity (Wildman–Crippen MR) is 76.6 cm³/mol. The summed E-state index contributed by atoms with van der Waals surface area (Å²) in [7, 11) is 0. The van der Waals surface area contributed by atoms with Crippen LogP contribution in [0.3, 0.4) is 0 Å². The topological polar surface area (TPSA) is 47.0 Å². The molecule has 2 aromatic rings. The number of hydrogen-bond acceptors (Lipinski definition) is 2. The van der Waals surface area contributed by atoms with Crippen LogP contribution in [-0.4, -0.2) is 5.78 Å². The third-order valence-electron chi connectivity index (χ3n) is 2.92. The fourth-order valence-corrected chi connectivity index (χ4v) is 1.88. The van der Waals surface area contributed by atoms with Crippen molar-refractivity contribution >= 4 is 17.7 Å². The molecule has 2 rings (SSSR count). The number of rotatable bonds is 3. The van der Waals surface area contributed by atoms with Gasteiger partial charge in [-0.15, -0.1) is 0 Å². The molecule has 104 valence electrons. The molecule has 0 amide bonds. The number of carbonyl (C=O) groups is 1. The zero-order valence-electron chi connectivity index (χ0n) is 11.5. The van der Waals surface area contributed by atoms with E-state index in [2.05, 4.69) is 0 Å². The number of allylic oxidation sites excluding steroid dienone is 1. The van der Waals surface area contributed by atoms with E-state index < -0.39 is 0 Å². The van der Waals surface area contributed by atoms with Gasteiger partial charge in [-0.2, -0.15) is 4.57 Å². The number of aromatic nitrogens is 1. The molecule has 0 spiro atoms. The lowest BCUT2D eigenvalue weighted by atomic mass is 10.0. The summed E-state index contributed by atoms with van der Waals surface area (Å²) in [5.74, 6) is 0.00169. The van der Waals surface area contributed by atoms with Gasteiger partial charge in [0.05, 0.1) is 6.08 Å². The normalized spacial score (nSPS) is 10.3. The number of ketones is 1. The third-order valence-corrected chi connectivity index (χ3v) is 2.92. The number of aryl methyl sites for hydroxylation is 2. The maximum Gasteiger partial charge on any atom is 0.192 e. The molecule has 0 saturated carbocycles. The van der Waals surface area contributed by atoms with Gasteiger partial charge >= 0.3 is 0 Å². The molecule has 0 bridgehead atoms. The van der Waals surface area contributed by atoms with Crippen LogP contribution in [-0.2, 0) is 0 Å². The molecule has 0 unspecified atom stereocenters. The summed E-state index contributed by atoms with van der Waals surface area (Å²) < 4.78 is 1.79. The van der Waals surface area contributed by atoms with E-state index in [1.807, 2.05) is 32.0 Å². The summed E-state index contributed by atoms with van der Waals surface area (Å²) in [6.07, 6.45) is 6.90. The zero-order valence-corrected chi connectivity index (χ0v) is 12.3. The standard InChI is InChI=1S/C16H16N2O.ClH/c1-12-3-4-15(13(2)11-12)16(19)7-10-18-8-5-14(17)6-9-18;/h3-11,17H,1-2H3;1H/b10-7+;. The highest BCUT2D eigenvalue weighted by Gasteiger charge is 2.06. The number of hydrogen-bond donors (Lipinski definition) is 1. The fraction of sp³-hybridized carbons (Fsp3) is 0.125. The Hall–Kier alpha value is -2.13. The van der Waals surface area contributed by atoms with Gasteiger partial charge in [0.1, 0.15) is 0 Å². The Bertz CT molecular complexity index is 633. The first-order valence-corrected chi connectivity index (χ1v) is 6.12. The van der Waals surface area contributed by atoms with Gasteiger partial charge in [0.2, 0.25) is 0 Å². The zero-order chi connectivity index (χ0) is 13.8. The molecule has 2 N–H and O–H groups in total. The number of halogens is 1. The van der Waals surface area contributed by atoms with E-state index in [1.54, 1.807) is 41.4 Å². The van der Waals surface area contributed by atoms with Crippen LogP contribution in [0.4, 0.5) is 5.69 Å². The van der Waals surface area contributed by atoms with E-state index in [-0.39, 0.29) is 18.2 Å². The molecular formula is C16H17ClN2O. The molecule has 3 nitrogen and oxygen atoms in total. The second-order valence-corrected chi connectivity index (χ2v) is 4.58. The number of nitrogens with zero attached hydrogens (tertiary/aromatic N) is 1. The van der Waals surface area contributed by atoms with Crippen molar-refractivity contribution in [3.05, 3.63) is 65.5 Å². The molecule has 0 radical (unpaired) electrons. The largest absolute Gasteiger partial charge is 1.00 e. The molecular weight excluding hydrogens is 272 g/mol. The minimum absolute atomic E-state index is 0. The summed E-state index contributed by atoms with van der Waals surface area (Å²) in [5, 5.41) is 0. The highest BCUT2D eigenvalue weighted by molar-refractivity contribution is 6.06. The van der Waals surface area contributed by atoms with Gasteiger partial charge in [0, 0.05) is 23.4 Å². The van der Waals surface area contributed by atoms with Crippen LogP contribution < -0.4 is 22.7 Å². The molecule has 1 heterocycles. The molecule has 1 aromatic heterocycles. The molecule has 0 saturated heterocycles. The van der Waals surface area contributed by atoms with Crippen LogP contribution in [0.2, 0.25) is 0 Å². The van der Waals surface area contributed by atoms with E-state index in [0.717, 1.165) is 16.7 Å². The second-order valence-electron chi connectivity index (χ2n) is 4.58. The van der Waals surface area contributed by atoms with Gasteiger partial charge in [0.15, 0.2) is 24.4 Å². The number of nitrogen functional groups attached to an aromatic ring is 1. The van der Waals surface area contributed by atoms with E-state index in [9.17, 15) is 4.79 Å². The van der Waals surface area contributed by atoms with E-state index in [4.69, 9.17) is 5.73 Å². The number of nitrogens with two attached hydrogens (primary N) is 1. The van der Waals surface area contributed by atoms with Crippen molar-refractivity contribution in [1.29, 1.82) is 0 Å². The second kappa shape index (κ2) is 6.87. The van der Waals surface area contributed by atoms with Crippen molar-refractivity contribution in [2.75, 3.05) is 5.73 Å². The van der Waals surface area contributed by atoms with Crippen LogP contribution in [0.15, 0.2) is 48.8 Å². The van der Waals surface area contributed by atoms with Crippen LogP contribution in [0.1, 0.15) is 21.5 Å². The van der Waals surface area contributed by atoms with Gasteiger partial charge in [0.25, 0.3) is 0 Å². The lowest BCUT2D eigenvalue weighted by Crippen LogP contribution is -3.00. The Kier molecular flexibility index (Phi) is 5.47. The average Bonchev–Trinajstić information content (AvgIpc) is 2.37. The first-order chi connectivity index (χ1) is 9.06. The van der Waals surface area contributed by atoms with Crippen molar-refractivity contribution in [3.8, 4) is 0 Å². The minimum Gasteiger partial charge on any atom is -1.00 e. The van der Waals surface area contributed by atoms with Crippen molar-refractivity contribution < 1.29 is 21.8 Å². The predicted octanol–water partition coefficient (Wildman–Crippen LogP) is -0.469. The Balaban J connectivity index is 0.00000200. The summed E-state index contributed by atoms with van der Waals surface area (Å²) in [6.45, 7) is 3.96. The van der Waals surface area contributed by atoms with Gasteiger partial charge in [-0.05, 0) is 19.4 Å². The number of benzene rings is 1. The van der Waals surface area contributed by atoms with Gasteiger partial charge in [-0.3, -0.25) is 4.79 Å². The first-order valence-electron chi connectivity index (χ1n) is 6.12. The summed E-state index contributed by atoms with van der Waals surface area (Å²) in [5.41, 5.74) is 9.19. The SMILES string of the molecule is Cc1ccc(C(=O)/C=C/[n+]2ccc(N)cc2)c(C)c1.[Cl-].